The fourth-order valence-corrected chi connectivity index (χ4v) is 1.90. The number of rotatable bonds is 7. The van der Waals surface area contributed by atoms with Gasteiger partial charge in [0.25, 0.3) is 0 Å². The summed E-state index contributed by atoms with van der Waals surface area (Å²) in [6.45, 7) is 3.41. The Labute approximate surface area is 89.2 Å². The van der Waals surface area contributed by atoms with Gasteiger partial charge >= 0.3 is 0 Å². The van der Waals surface area contributed by atoms with E-state index in [1.165, 1.54) is 0 Å². The molecule has 1 rings (SSSR count). The lowest BCUT2D eigenvalue weighted by Crippen LogP contribution is -2.28. The predicted octanol–water partition coefficient (Wildman–Crippen LogP) is 1.44. The van der Waals surface area contributed by atoms with Gasteiger partial charge in [0.05, 0.1) is 11.2 Å². The molecule has 1 heterocycles. The second kappa shape index (κ2) is 6.92. The first kappa shape index (κ1) is 11.6. The second-order valence-electron chi connectivity index (χ2n) is 3.45. The maximum absolute atomic E-state index is 8.65. The number of aromatic nitrogens is 1. The van der Waals surface area contributed by atoms with Gasteiger partial charge in [-0.2, -0.15) is 0 Å². The topological polar surface area (TPSA) is 45.1 Å². The van der Waals surface area contributed by atoms with Crippen LogP contribution in [-0.2, 0) is 6.42 Å². The van der Waals surface area contributed by atoms with Crippen molar-refractivity contribution in [1.29, 1.82) is 0 Å². The minimum atomic E-state index is 0.290. The molecule has 0 saturated carbocycles. The van der Waals surface area contributed by atoms with Crippen LogP contribution in [0.4, 0.5) is 0 Å². The van der Waals surface area contributed by atoms with Crippen LogP contribution in [0, 0.1) is 0 Å². The van der Waals surface area contributed by atoms with Crippen LogP contribution < -0.4 is 5.32 Å². The highest BCUT2D eigenvalue weighted by Gasteiger charge is 2.00. The summed E-state index contributed by atoms with van der Waals surface area (Å²) in [7, 11) is 0. The van der Waals surface area contributed by atoms with Crippen LogP contribution >= 0.6 is 11.3 Å². The molecule has 14 heavy (non-hydrogen) atoms. The number of hydrogen-bond acceptors (Lipinski definition) is 4. The highest BCUT2D eigenvalue weighted by atomic mass is 32.1. The van der Waals surface area contributed by atoms with Gasteiger partial charge in [-0.1, -0.05) is 0 Å². The van der Waals surface area contributed by atoms with Crippen molar-refractivity contribution in [1.82, 2.24) is 10.3 Å². The zero-order chi connectivity index (χ0) is 10.2. The van der Waals surface area contributed by atoms with Gasteiger partial charge in [-0.15, -0.1) is 11.3 Å². The molecule has 0 spiro atoms. The molecule has 80 valence electrons. The SMILES string of the molecule is CC(CCCO)NCCc1cscn1. The average molecular weight is 214 g/mol. The van der Waals surface area contributed by atoms with Gasteiger partial charge in [0.15, 0.2) is 0 Å². The average Bonchev–Trinajstić information content (AvgIpc) is 2.67. The molecular weight excluding hydrogens is 196 g/mol. The summed E-state index contributed by atoms with van der Waals surface area (Å²) < 4.78 is 0. The van der Waals surface area contributed by atoms with E-state index in [1.54, 1.807) is 11.3 Å². The summed E-state index contributed by atoms with van der Waals surface area (Å²) in [6.07, 6.45) is 2.91. The molecule has 1 unspecified atom stereocenters. The van der Waals surface area contributed by atoms with Crippen LogP contribution in [0.25, 0.3) is 0 Å². The van der Waals surface area contributed by atoms with E-state index in [0.29, 0.717) is 6.04 Å². The van der Waals surface area contributed by atoms with Crippen molar-refractivity contribution in [2.75, 3.05) is 13.2 Å². The minimum Gasteiger partial charge on any atom is -0.396 e. The molecule has 3 nitrogen and oxygen atoms in total. The summed E-state index contributed by atoms with van der Waals surface area (Å²) in [5.74, 6) is 0. The lowest BCUT2D eigenvalue weighted by atomic mass is 10.2. The molecule has 0 fully saturated rings. The fourth-order valence-electron chi connectivity index (χ4n) is 1.31. The summed E-state index contributed by atoms with van der Waals surface area (Å²) >= 11 is 1.64. The van der Waals surface area contributed by atoms with Crippen LogP contribution in [0.5, 0.6) is 0 Å². The van der Waals surface area contributed by atoms with Gasteiger partial charge in [-0.25, -0.2) is 4.98 Å². The third-order valence-electron chi connectivity index (χ3n) is 2.15. The van der Waals surface area contributed by atoms with Crippen molar-refractivity contribution in [2.45, 2.75) is 32.2 Å². The Hall–Kier alpha value is -0.450. The van der Waals surface area contributed by atoms with Gasteiger partial charge < -0.3 is 10.4 Å². The molecule has 1 aromatic rings. The Morgan fingerprint density at radius 1 is 1.64 bits per heavy atom. The van der Waals surface area contributed by atoms with Crippen molar-refractivity contribution in [3.8, 4) is 0 Å². The van der Waals surface area contributed by atoms with Crippen LogP contribution in [0.1, 0.15) is 25.5 Å². The molecule has 2 N–H and O–H groups in total. The molecule has 4 heteroatoms. The quantitative estimate of drug-likeness (QED) is 0.722. The van der Waals surface area contributed by atoms with E-state index in [4.69, 9.17) is 5.11 Å². The van der Waals surface area contributed by atoms with Gasteiger partial charge in [0, 0.05) is 31.0 Å². The number of nitrogens with one attached hydrogen (secondary N) is 1. The summed E-state index contributed by atoms with van der Waals surface area (Å²) in [5, 5.41) is 14.1. The molecule has 0 radical (unpaired) electrons. The van der Waals surface area contributed by atoms with E-state index >= 15 is 0 Å². The number of nitrogens with zero attached hydrogens (tertiary/aromatic N) is 1. The summed E-state index contributed by atoms with van der Waals surface area (Å²) in [5.41, 5.74) is 3.03. The molecular formula is C10H18N2OS. The van der Waals surface area contributed by atoms with Crippen molar-refractivity contribution >= 4 is 11.3 Å². The lowest BCUT2D eigenvalue weighted by molar-refractivity contribution is 0.276. The van der Waals surface area contributed by atoms with Crippen molar-refractivity contribution in [2.24, 2.45) is 0 Å². The van der Waals surface area contributed by atoms with E-state index in [9.17, 15) is 0 Å². The molecule has 0 bridgehead atoms. The van der Waals surface area contributed by atoms with E-state index in [2.05, 4.69) is 22.6 Å². The minimum absolute atomic E-state index is 0.290. The van der Waals surface area contributed by atoms with E-state index in [1.807, 2.05) is 5.51 Å². The molecule has 1 atom stereocenters. The van der Waals surface area contributed by atoms with Crippen LogP contribution in [0.2, 0.25) is 0 Å². The van der Waals surface area contributed by atoms with Gasteiger partial charge in [-0.3, -0.25) is 0 Å². The monoisotopic (exact) mass is 214 g/mol. The van der Waals surface area contributed by atoms with Gasteiger partial charge in [0.1, 0.15) is 0 Å². The Balaban J connectivity index is 2.03. The van der Waals surface area contributed by atoms with E-state index in [0.717, 1.165) is 31.5 Å². The standard InChI is InChI=1S/C10H18N2OS/c1-9(3-2-6-13)11-5-4-10-7-14-8-12-10/h7-9,11,13H,2-6H2,1H3. The normalized spacial score (nSPS) is 13.0. The molecule has 0 aliphatic carbocycles. The summed E-state index contributed by atoms with van der Waals surface area (Å²) in [4.78, 5) is 4.21. The van der Waals surface area contributed by atoms with Gasteiger partial charge in [0.2, 0.25) is 0 Å². The van der Waals surface area contributed by atoms with E-state index < -0.39 is 0 Å². The smallest absolute Gasteiger partial charge is 0.0794 e. The first-order chi connectivity index (χ1) is 6.83. The van der Waals surface area contributed by atoms with Crippen LogP contribution in [0.15, 0.2) is 10.9 Å². The molecule has 1 aromatic heterocycles. The first-order valence-electron chi connectivity index (χ1n) is 5.04. The molecule has 0 aliphatic heterocycles. The maximum Gasteiger partial charge on any atom is 0.0794 e. The number of hydrogen-bond donors (Lipinski definition) is 2. The third-order valence-corrected chi connectivity index (χ3v) is 2.79. The highest BCUT2D eigenvalue weighted by Crippen LogP contribution is 2.01. The number of aliphatic hydroxyl groups excluding tert-OH is 1. The Bertz CT molecular complexity index is 226. The van der Waals surface area contributed by atoms with Crippen LogP contribution in [-0.4, -0.2) is 29.3 Å². The fraction of sp³-hybridized carbons (Fsp3) is 0.700. The molecule has 0 amide bonds. The zero-order valence-corrected chi connectivity index (χ0v) is 9.39. The molecule has 0 saturated heterocycles. The number of aliphatic hydroxyl groups is 1. The zero-order valence-electron chi connectivity index (χ0n) is 8.57. The maximum atomic E-state index is 8.65. The van der Waals surface area contributed by atoms with E-state index in [-0.39, 0.29) is 6.61 Å². The second-order valence-corrected chi connectivity index (χ2v) is 4.17. The first-order valence-corrected chi connectivity index (χ1v) is 5.98. The molecule has 0 aliphatic rings. The molecule has 0 aromatic carbocycles. The number of thiazole rings is 1. The largest absolute Gasteiger partial charge is 0.396 e. The van der Waals surface area contributed by atoms with Gasteiger partial charge in [-0.05, 0) is 19.8 Å². The van der Waals surface area contributed by atoms with Crippen LogP contribution in [0.3, 0.4) is 0 Å². The highest BCUT2D eigenvalue weighted by molar-refractivity contribution is 7.07. The Kier molecular flexibility index (Phi) is 5.75. The summed E-state index contributed by atoms with van der Waals surface area (Å²) in [6, 6.07) is 0.487. The third kappa shape index (κ3) is 4.69. The Morgan fingerprint density at radius 2 is 2.50 bits per heavy atom. The van der Waals surface area contributed by atoms with Crippen molar-refractivity contribution < 1.29 is 5.11 Å². The lowest BCUT2D eigenvalue weighted by Gasteiger charge is -2.11. The van der Waals surface area contributed by atoms with Crippen molar-refractivity contribution in [3.05, 3.63) is 16.6 Å². The predicted molar refractivity (Wildman–Crippen MR) is 59.6 cm³/mol. The Morgan fingerprint density at radius 3 is 3.14 bits per heavy atom. The van der Waals surface area contributed by atoms with Crippen molar-refractivity contribution in [3.63, 3.8) is 0 Å².